The molecule has 0 spiro atoms. The van der Waals surface area contributed by atoms with Gasteiger partial charge in [-0.2, -0.15) is 4.90 Å². The van der Waals surface area contributed by atoms with Gasteiger partial charge in [0, 0.05) is 12.3 Å². The highest BCUT2D eigenvalue weighted by molar-refractivity contribution is 6.10. The van der Waals surface area contributed by atoms with Crippen molar-refractivity contribution in [1.82, 2.24) is 4.98 Å². The lowest BCUT2D eigenvalue weighted by Crippen LogP contribution is -2.44. The van der Waals surface area contributed by atoms with E-state index in [1.54, 1.807) is 41.5 Å². The summed E-state index contributed by atoms with van der Waals surface area (Å²) in [5.74, 6) is 0.303. The van der Waals surface area contributed by atoms with Gasteiger partial charge in [0.1, 0.15) is 22.6 Å². The van der Waals surface area contributed by atoms with E-state index in [-0.39, 0.29) is 5.69 Å². The molecule has 1 aromatic heterocycles. The highest BCUT2D eigenvalue weighted by atomic mass is 16.6. The van der Waals surface area contributed by atoms with Gasteiger partial charge >= 0.3 is 12.2 Å². The predicted octanol–water partition coefficient (Wildman–Crippen LogP) is 3.77. The van der Waals surface area contributed by atoms with Crippen LogP contribution in [0.2, 0.25) is 0 Å². The van der Waals surface area contributed by atoms with Gasteiger partial charge in [0.2, 0.25) is 0 Å². The Bertz CT molecular complexity index is 545. The van der Waals surface area contributed by atoms with Crippen molar-refractivity contribution in [3.05, 3.63) is 18.5 Å². The van der Waals surface area contributed by atoms with Crippen LogP contribution in [-0.4, -0.2) is 35.5 Å². The summed E-state index contributed by atoms with van der Waals surface area (Å²) in [5.41, 5.74) is -1.39. The third-order valence-corrected chi connectivity index (χ3v) is 2.37. The van der Waals surface area contributed by atoms with E-state index in [0.29, 0.717) is 5.75 Å². The highest BCUT2D eigenvalue weighted by Gasteiger charge is 2.34. The summed E-state index contributed by atoms with van der Waals surface area (Å²) in [7, 11) is 1.43. The molecule has 23 heavy (non-hydrogen) atoms. The smallest absolute Gasteiger partial charge is 0.424 e. The molecule has 0 unspecified atom stereocenters. The van der Waals surface area contributed by atoms with Crippen LogP contribution in [0, 0.1) is 0 Å². The SMILES string of the molecule is COc1ccncc1N(C(=O)OC(C)(C)C)C(=O)OC(C)(C)C. The molecule has 0 atom stereocenters. The molecule has 0 aliphatic heterocycles. The summed E-state index contributed by atoms with van der Waals surface area (Å²) in [6.07, 6.45) is 1.10. The maximum absolute atomic E-state index is 12.5. The molecule has 0 saturated heterocycles. The summed E-state index contributed by atoms with van der Waals surface area (Å²) in [6.45, 7) is 10.2. The average Bonchev–Trinajstić information content (AvgIpc) is 2.35. The number of rotatable bonds is 2. The number of carbonyl (C=O) groups is 2. The molecule has 7 heteroatoms. The molecule has 0 radical (unpaired) electrons. The Labute approximate surface area is 136 Å². The Kier molecular flexibility index (Phi) is 5.58. The number of ether oxygens (including phenoxy) is 3. The maximum atomic E-state index is 12.5. The molecular formula is C16H24N2O5. The molecule has 7 nitrogen and oxygen atoms in total. The minimum absolute atomic E-state index is 0.151. The Morgan fingerprint density at radius 1 is 1.00 bits per heavy atom. The van der Waals surface area contributed by atoms with Crippen molar-refractivity contribution in [1.29, 1.82) is 0 Å². The van der Waals surface area contributed by atoms with E-state index in [1.807, 2.05) is 0 Å². The fourth-order valence-electron chi connectivity index (χ4n) is 1.60. The quantitative estimate of drug-likeness (QED) is 0.824. The molecule has 1 rings (SSSR count). The van der Waals surface area contributed by atoms with Gasteiger partial charge in [-0.15, -0.1) is 0 Å². The van der Waals surface area contributed by atoms with Crippen molar-refractivity contribution in [3.8, 4) is 5.75 Å². The number of imide groups is 1. The van der Waals surface area contributed by atoms with E-state index in [0.717, 1.165) is 4.90 Å². The fraction of sp³-hybridized carbons (Fsp3) is 0.562. The van der Waals surface area contributed by atoms with Crippen molar-refractivity contribution in [2.75, 3.05) is 12.0 Å². The molecule has 2 amide bonds. The van der Waals surface area contributed by atoms with Gasteiger partial charge in [-0.25, -0.2) is 9.59 Å². The number of carbonyl (C=O) groups excluding carboxylic acids is 2. The summed E-state index contributed by atoms with van der Waals surface area (Å²) in [6, 6.07) is 1.54. The van der Waals surface area contributed by atoms with Crippen LogP contribution in [-0.2, 0) is 9.47 Å². The topological polar surface area (TPSA) is 78.0 Å². The molecule has 0 bridgehead atoms. The number of pyridine rings is 1. The monoisotopic (exact) mass is 324 g/mol. The zero-order valence-corrected chi connectivity index (χ0v) is 14.7. The van der Waals surface area contributed by atoms with E-state index in [4.69, 9.17) is 14.2 Å². The number of hydrogen-bond acceptors (Lipinski definition) is 6. The van der Waals surface area contributed by atoms with Crippen molar-refractivity contribution >= 4 is 17.9 Å². The third kappa shape index (κ3) is 5.77. The van der Waals surface area contributed by atoms with Gasteiger partial charge in [-0.1, -0.05) is 0 Å². The Balaban J connectivity index is 3.26. The lowest BCUT2D eigenvalue weighted by Gasteiger charge is -2.29. The molecular weight excluding hydrogens is 300 g/mol. The second-order valence-electron chi connectivity index (χ2n) is 6.84. The van der Waals surface area contributed by atoms with Crippen molar-refractivity contribution < 1.29 is 23.8 Å². The summed E-state index contributed by atoms with van der Waals surface area (Å²) >= 11 is 0. The Morgan fingerprint density at radius 2 is 1.48 bits per heavy atom. The number of methoxy groups -OCH3 is 1. The third-order valence-electron chi connectivity index (χ3n) is 2.37. The number of amides is 2. The van der Waals surface area contributed by atoms with E-state index in [9.17, 15) is 9.59 Å². The van der Waals surface area contributed by atoms with Crippen LogP contribution < -0.4 is 9.64 Å². The van der Waals surface area contributed by atoms with Gasteiger partial charge < -0.3 is 14.2 Å². The Morgan fingerprint density at radius 3 is 1.87 bits per heavy atom. The second-order valence-corrected chi connectivity index (χ2v) is 6.84. The number of aromatic nitrogens is 1. The van der Waals surface area contributed by atoms with E-state index in [1.165, 1.54) is 25.6 Å². The van der Waals surface area contributed by atoms with Gasteiger partial charge in [0.05, 0.1) is 13.3 Å². The molecule has 0 N–H and O–H groups in total. The first-order chi connectivity index (χ1) is 10.4. The van der Waals surface area contributed by atoms with Crippen LogP contribution in [0.1, 0.15) is 41.5 Å². The lowest BCUT2D eigenvalue weighted by molar-refractivity contribution is 0.0429. The first kappa shape index (κ1) is 18.7. The van der Waals surface area contributed by atoms with Crippen LogP contribution in [0.5, 0.6) is 5.75 Å². The maximum Gasteiger partial charge on any atom is 0.424 e. The molecule has 0 fully saturated rings. The van der Waals surface area contributed by atoms with Crippen LogP contribution in [0.15, 0.2) is 18.5 Å². The molecule has 1 aromatic rings. The zero-order valence-electron chi connectivity index (χ0n) is 14.7. The first-order valence-electron chi connectivity index (χ1n) is 7.19. The number of nitrogens with zero attached hydrogens (tertiary/aromatic N) is 2. The minimum Gasteiger partial charge on any atom is -0.494 e. The highest BCUT2D eigenvalue weighted by Crippen LogP contribution is 2.29. The molecule has 0 aliphatic carbocycles. The lowest BCUT2D eigenvalue weighted by atomic mass is 10.2. The zero-order chi connectivity index (χ0) is 17.8. The predicted molar refractivity (Wildman–Crippen MR) is 85.7 cm³/mol. The molecule has 128 valence electrons. The van der Waals surface area contributed by atoms with E-state index >= 15 is 0 Å². The number of anilines is 1. The van der Waals surface area contributed by atoms with Crippen molar-refractivity contribution in [2.45, 2.75) is 52.7 Å². The summed E-state index contributed by atoms with van der Waals surface area (Å²) in [4.78, 5) is 29.7. The largest absolute Gasteiger partial charge is 0.494 e. The minimum atomic E-state index is -0.863. The van der Waals surface area contributed by atoms with E-state index in [2.05, 4.69) is 4.98 Å². The first-order valence-corrected chi connectivity index (χ1v) is 7.19. The van der Waals surface area contributed by atoms with Crippen LogP contribution in [0.25, 0.3) is 0 Å². The summed E-state index contributed by atoms with van der Waals surface area (Å²) < 4.78 is 15.8. The number of hydrogen-bond donors (Lipinski definition) is 0. The van der Waals surface area contributed by atoms with Gasteiger partial charge in [0.15, 0.2) is 0 Å². The average molecular weight is 324 g/mol. The van der Waals surface area contributed by atoms with Gasteiger partial charge in [0.25, 0.3) is 0 Å². The van der Waals surface area contributed by atoms with Crippen LogP contribution in [0.3, 0.4) is 0 Å². The molecule has 0 aromatic carbocycles. The molecule has 0 aliphatic rings. The van der Waals surface area contributed by atoms with Crippen molar-refractivity contribution in [3.63, 3.8) is 0 Å². The second kappa shape index (κ2) is 6.85. The normalized spacial score (nSPS) is 11.6. The molecule has 1 heterocycles. The molecule has 0 saturated carbocycles. The standard InChI is InChI=1S/C16H24N2O5/c1-15(2,3)22-13(19)18(14(20)23-16(4,5)6)11-10-17-9-8-12(11)21-7/h8-10H,1-7H3. The van der Waals surface area contributed by atoms with Gasteiger partial charge in [-0.3, -0.25) is 4.98 Å². The Hall–Kier alpha value is -2.31. The van der Waals surface area contributed by atoms with Gasteiger partial charge in [-0.05, 0) is 41.5 Å². The van der Waals surface area contributed by atoms with Crippen LogP contribution in [0.4, 0.5) is 15.3 Å². The summed E-state index contributed by atoms with van der Waals surface area (Å²) in [5, 5.41) is 0. The van der Waals surface area contributed by atoms with Crippen LogP contribution >= 0.6 is 0 Å². The van der Waals surface area contributed by atoms with Crippen molar-refractivity contribution in [2.24, 2.45) is 0 Å². The van der Waals surface area contributed by atoms with E-state index < -0.39 is 23.4 Å². The fourth-order valence-corrected chi connectivity index (χ4v) is 1.60.